The summed E-state index contributed by atoms with van der Waals surface area (Å²) in [4.78, 5) is 13.8. The molecular formula is C23H23N3O5S. The zero-order valence-electron chi connectivity index (χ0n) is 17.8. The normalized spacial score (nSPS) is 16.8. The summed E-state index contributed by atoms with van der Waals surface area (Å²) in [7, 11) is -0.263. The summed E-state index contributed by atoms with van der Waals surface area (Å²) in [5.74, 6) is 0.733. The van der Waals surface area contributed by atoms with Crippen LogP contribution in [-0.2, 0) is 14.8 Å². The Bertz CT molecular complexity index is 1370. The highest BCUT2D eigenvalue weighted by Crippen LogP contribution is 2.36. The third-order valence-electron chi connectivity index (χ3n) is 5.88. The summed E-state index contributed by atoms with van der Waals surface area (Å²) in [5, 5.41) is 3.50. The van der Waals surface area contributed by atoms with E-state index in [0.717, 1.165) is 36.0 Å². The van der Waals surface area contributed by atoms with E-state index in [1.807, 2.05) is 6.07 Å². The van der Waals surface area contributed by atoms with Gasteiger partial charge in [-0.3, -0.25) is 4.79 Å². The van der Waals surface area contributed by atoms with Crippen LogP contribution in [0.5, 0.6) is 11.5 Å². The number of nitrogens with one attached hydrogen (secondary N) is 1. The molecule has 1 N–H and O–H groups in total. The van der Waals surface area contributed by atoms with Crippen LogP contribution in [0, 0.1) is 0 Å². The van der Waals surface area contributed by atoms with Crippen molar-refractivity contribution in [2.75, 3.05) is 39.2 Å². The van der Waals surface area contributed by atoms with Crippen LogP contribution in [0.15, 0.2) is 53.6 Å². The van der Waals surface area contributed by atoms with Crippen LogP contribution in [0.4, 0.5) is 5.69 Å². The van der Waals surface area contributed by atoms with Gasteiger partial charge in [0, 0.05) is 36.3 Å². The summed E-state index contributed by atoms with van der Waals surface area (Å²) in [6, 6.07) is 9.88. The Balaban J connectivity index is 1.66. The fraction of sp³-hybridized carbons (Fsp3) is 0.261. The van der Waals surface area contributed by atoms with E-state index in [1.54, 1.807) is 31.5 Å². The van der Waals surface area contributed by atoms with E-state index in [-0.39, 0.29) is 17.4 Å². The second-order valence-electron chi connectivity index (χ2n) is 7.96. The van der Waals surface area contributed by atoms with Crippen molar-refractivity contribution in [3.05, 3.63) is 54.2 Å². The van der Waals surface area contributed by atoms with Crippen LogP contribution < -0.4 is 14.8 Å². The molecule has 0 aliphatic carbocycles. The Morgan fingerprint density at radius 2 is 2.00 bits per heavy atom. The minimum Gasteiger partial charge on any atom is -0.497 e. The van der Waals surface area contributed by atoms with Crippen molar-refractivity contribution in [3.63, 3.8) is 0 Å². The van der Waals surface area contributed by atoms with Crippen molar-refractivity contribution in [3.8, 4) is 11.5 Å². The quantitative estimate of drug-likeness (QED) is 0.653. The zero-order valence-corrected chi connectivity index (χ0v) is 18.6. The Hall–Kier alpha value is -3.30. The molecular weight excluding hydrogens is 430 g/mol. The molecule has 3 aromatic rings. The van der Waals surface area contributed by atoms with Crippen LogP contribution in [-0.4, -0.2) is 57.1 Å². The fourth-order valence-electron chi connectivity index (χ4n) is 4.11. The first-order chi connectivity index (χ1) is 15.4. The van der Waals surface area contributed by atoms with Crippen molar-refractivity contribution in [2.45, 2.75) is 11.3 Å². The second kappa shape index (κ2) is 7.68. The number of methoxy groups -OCH3 is 1. The number of hydrogen-bond donors (Lipinski definition) is 1. The molecule has 0 fully saturated rings. The lowest BCUT2D eigenvalue weighted by atomic mass is 9.99. The third-order valence-corrected chi connectivity index (χ3v) is 7.55. The largest absolute Gasteiger partial charge is 0.497 e. The number of hydrogen-bond acceptors (Lipinski definition) is 6. The van der Waals surface area contributed by atoms with Crippen LogP contribution >= 0.6 is 0 Å². The van der Waals surface area contributed by atoms with E-state index in [4.69, 9.17) is 9.47 Å². The molecule has 2 aliphatic rings. The molecule has 0 radical (unpaired) electrons. The van der Waals surface area contributed by atoms with Gasteiger partial charge in [-0.05, 0) is 49.4 Å². The van der Waals surface area contributed by atoms with Gasteiger partial charge in [-0.15, -0.1) is 0 Å². The smallest absolute Gasteiger partial charge is 0.268 e. The number of nitrogens with zero attached hydrogens (tertiary/aromatic N) is 2. The topological polar surface area (TPSA) is 89.9 Å². The first-order valence-electron chi connectivity index (χ1n) is 10.3. The van der Waals surface area contributed by atoms with E-state index >= 15 is 0 Å². The molecule has 0 saturated carbocycles. The SMILES string of the molecule is COc1ccc2c(c1)c(C1=CCN(C)CC1)cn2S(=O)(=O)c1ccc2c(c1)OCC(=O)N2. The van der Waals surface area contributed by atoms with Gasteiger partial charge in [0.2, 0.25) is 0 Å². The van der Waals surface area contributed by atoms with E-state index in [1.165, 1.54) is 16.1 Å². The number of ether oxygens (including phenoxy) is 2. The predicted octanol–water partition coefficient (Wildman–Crippen LogP) is 2.94. The minimum absolute atomic E-state index is 0.0871. The van der Waals surface area contributed by atoms with E-state index < -0.39 is 10.0 Å². The molecule has 32 heavy (non-hydrogen) atoms. The molecule has 0 spiro atoms. The Morgan fingerprint density at radius 1 is 1.16 bits per heavy atom. The number of carbonyl (C=O) groups is 1. The lowest BCUT2D eigenvalue weighted by molar-refractivity contribution is -0.118. The number of carbonyl (C=O) groups excluding carboxylic acids is 1. The maximum Gasteiger partial charge on any atom is 0.268 e. The number of benzene rings is 2. The number of anilines is 1. The standard InChI is InChI=1S/C23H23N3O5S/c1-25-9-7-15(8-10-25)19-13-26(21-6-3-16(30-2)11-18(19)21)32(28,29)17-4-5-20-22(12-17)31-14-23(27)24-20/h3-7,11-13H,8-10,14H2,1-2H3,(H,24,27). The lowest BCUT2D eigenvalue weighted by Crippen LogP contribution is -2.25. The Kier molecular flexibility index (Phi) is 4.94. The van der Waals surface area contributed by atoms with Gasteiger partial charge in [0.25, 0.3) is 15.9 Å². The monoisotopic (exact) mass is 453 g/mol. The van der Waals surface area contributed by atoms with Crippen LogP contribution in [0.1, 0.15) is 12.0 Å². The molecule has 0 atom stereocenters. The summed E-state index contributed by atoms with van der Waals surface area (Å²) in [6.45, 7) is 1.57. The summed E-state index contributed by atoms with van der Waals surface area (Å²) in [5.41, 5.74) is 3.04. The number of rotatable bonds is 4. The molecule has 5 rings (SSSR count). The van der Waals surface area contributed by atoms with Crippen molar-refractivity contribution < 1.29 is 22.7 Å². The molecule has 9 heteroatoms. The Morgan fingerprint density at radius 3 is 2.75 bits per heavy atom. The molecule has 2 aromatic carbocycles. The van der Waals surface area contributed by atoms with E-state index in [9.17, 15) is 13.2 Å². The Labute approximate surface area is 186 Å². The molecule has 0 bridgehead atoms. The average Bonchev–Trinajstić information content (AvgIpc) is 3.18. The molecule has 1 amide bonds. The molecule has 0 saturated heterocycles. The molecule has 3 heterocycles. The van der Waals surface area contributed by atoms with Crippen molar-refractivity contribution in [1.29, 1.82) is 0 Å². The number of fused-ring (bicyclic) bond motifs is 2. The molecule has 8 nitrogen and oxygen atoms in total. The maximum absolute atomic E-state index is 13.7. The highest BCUT2D eigenvalue weighted by atomic mass is 32.2. The maximum atomic E-state index is 13.7. The van der Waals surface area contributed by atoms with Crippen LogP contribution in [0.2, 0.25) is 0 Å². The number of amides is 1. The molecule has 166 valence electrons. The summed E-state index contributed by atoms with van der Waals surface area (Å²) in [6.07, 6.45) is 4.67. The molecule has 0 unspecified atom stereocenters. The van der Waals surface area contributed by atoms with Gasteiger partial charge in [0.05, 0.1) is 23.2 Å². The third kappa shape index (κ3) is 3.43. The van der Waals surface area contributed by atoms with E-state index in [2.05, 4.69) is 23.3 Å². The average molecular weight is 454 g/mol. The number of likely N-dealkylation sites (N-methyl/N-ethyl adjacent to an activating group) is 1. The minimum atomic E-state index is -3.92. The van der Waals surface area contributed by atoms with E-state index in [0.29, 0.717) is 22.7 Å². The first kappa shape index (κ1) is 20.6. The fourth-order valence-corrected chi connectivity index (χ4v) is 5.49. The van der Waals surface area contributed by atoms with Gasteiger partial charge < -0.3 is 19.7 Å². The second-order valence-corrected chi connectivity index (χ2v) is 9.78. The van der Waals surface area contributed by atoms with Gasteiger partial charge in [-0.1, -0.05) is 6.08 Å². The summed E-state index contributed by atoms with van der Waals surface area (Å²) < 4.78 is 39.5. The highest BCUT2D eigenvalue weighted by Gasteiger charge is 2.26. The predicted molar refractivity (Wildman–Crippen MR) is 122 cm³/mol. The number of aromatic nitrogens is 1. The van der Waals surface area contributed by atoms with Gasteiger partial charge in [0.1, 0.15) is 11.5 Å². The zero-order chi connectivity index (χ0) is 22.5. The van der Waals surface area contributed by atoms with Gasteiger partial charge in [-0.2, -0.15) is 0 Å². The van der Waals surface area contributed by atoms with Crippen LogP contribution in [0.25, 0.3) is 16.5 Å². The molecule has 1 aromatic heterocycles. The molecule has 2 aliphatic heterocycles. The first-order valence-corrected chi connectivity index (χ1v) is 11.7. The van der Waals surface area contributed by atoms with Gasteiger partial charge >= 0.3 is 0 Å². The van der Waals surface area contributed by atoms with Crippen LogP contribution in [0.3, 0.4) is 0 Å². The highest BCUT2D eigenvalue weighted by molar-refractivity contribution is 7.90. The van der Waals surface area contributed by atoms with Crippen molar-refractivity contribution in [1.82, 2.24) is 8.87 Å². The van der Waals surface area contributed by atoms with Gasteiger partial charge in [-0.25, -0.2) is 12.4 Å². The van der Waals surface area contributed by atoms with Crippen molar-refractivity contribution >= 4 is 38.1 Å². The van der Waals surface area contributed by atoms with Crippen molar-refractivity contribution in [2.24, 2.45) is 0 Å². The van der Waals surface area contributed by atoms with Gasteiger partial charge in [0.15, 0.2) is 6.61 Å². The lowest BCUT2D eigenvalue weighted by Gasteiger charge is -2.21. The summed E-state index contributed by atoms with van der Waals surface area (Å²) >= 11 is 0.